The Kier molecular flexibility index (Phi) is 5.93. The molecule has 1 heterocycles. The zero-order valence-electron chi connectivity index (χ0n) is 13.3. The number of nitrogens with one attached hydrogen (secondary N) is 1. The number of hydrogen-bond acceptors (Lipinski definition) is 3. The van der Waals surface area contributed by atoms with E-state index in [4.69, 9.17) is 5.26 Å². The lowest BCUT2D eigenvalue weighted by Gasteiger charge is -2.31. The van der Waals surface area contributed by atoms with Gasteiger partial charge in [-0.1, -0.05) is 24.3 Å². The van der Waals surface area contributed by atoms with Gasteiger partial charge in [0.25, 0.3) is 0 Å². The predicted octanol–water partition coefficient (Wildman–Crippen LogP) is 2.03. The van der Waals surface area contributed by atoms with Gasteiger partial charge in [0.15, 0.2) is 0 Å². The summed E-state index contributed by atoms with van der Waals surface area (Å²) in [5.41, 5.74) is 2.15. The lowest BCUT2D eigenvalue weighted by Crippen LogP contribution is -2.46. The molecule has 0 unspecified atom stereocenters. The van der Waals surface area contributed by atoms with Gasteiger partial charge in [0, 0.05) is 25.2 Å². The van der Waals surface area contributed by atoms with E-state index in [1.54, 1.807) is 11.0 Å². The summed E-state index contributed by atoms with van der Waals surface area (Å²) < 4.78 is 0. The molecule has 1 aromatic rings. The van der Waals surface area contributed by atoms with Crippen molar-refractivity contribution in [1.29, 1.82) is 5.26 Å². The first kappa shape index (κ1) is 16.8. The fourth-order valence-electron chi connectivity index (χ4n) is 2.64. The van der Waals surface area contributed by atoms with Gasteiger partial charge in [0.2, 0.25) is 11.8 Å². The molecule has 2 amide bonds. The van der Waals surface area contributed by atoms with Crippen LogP contribution in [0, 0.1) is 18.3 Å². The van der Waals surface area contributed by atoms with E-state index in [1.807, 2.05) is 43.3 Å². The van der Waals surface area contributed by atoms with Crippen molar-refractivity contribution in [2.45, 2.75) is 32.2 Å². The van der Waals surface area contributed by atoms with Crippen molar-refractivity contribution in [3.05, 3.63) is 41.5 Å². The maximum absolute atomic E-state index is 12.0. The first-order valence-electron chi connectivity index (χ1n) is 7.79. The Balaban J connectivity index is 1.80. The minimum absolute atomic E-state index is 0.0732. The standard InChI is InChI=1S/C18H21N3O2/c1-14-4-2-3-5-15(14)6-7-17(22)20-16-9-12-21(13-10-16)18(23)8-11-19/h2-7,16H,8-10,12-13H2,1H3,(H,20,22)/b7-6+. The van der Waals surface area contributed by atoms with Crippen LogP contribution in [0.5, 0.6) is 0 Å². The number of aryl methyl sites for hydroxylation is 1. The van der Waals surface area contributed by atoms with Gasteiger partial charge in [-0.25, -0.2) is 0 Å². The molecule has 0 bridgehead atoms. The van der Waals surface area contributed by atoms with Gasteiger partial charge >= 0.3 is 0 Å². The fourth-order valence-corrected chi connectivity index (χ4v) is 2.64. The van der Waals surface area contributed by atoms with E-state index in [1.165, 1.54) is 0 Å². The van der Waals surface area contributed by atoms with Gasteiger partial charge in [0.1, 0.15) is 6.42 Å². The third-order valence-electron chi connectivity index (χ3n) is 4.03. The van der Waals surface area contributed by atoms with Crippen LogP contribution in [0.25, 0.3) is 6.08 Å². The summed E-state index contributed by atoms with van der Waals surface area (Å²) >= 11 is 0. The van der Waals surface area contributed by atoms with Crippen LogP contribution in [0.2, 0.25) is 0 Å². The van der Waals surface area contributed by atoms with E-state index in [2.05, 4.69) is 5.32 Å². The monoisotopic (exact) mass is 311 g/mol. The Hall–Kier alpha value is -2.61. The quantitative estimate of drug-likeness (QED) is 0.865. The highest BCUT2D eigenvalue weighted by Gasteiger charge is 2.22. The van der Waals surface area contributed by atoms with Crippen molar-refractivity contribution in [3.8, 4) is 6.07 Å². The highest BCUT2D eigenvalue weighted by molar-refractivity contribution is 5.92. The maximum atomic E-state index is 12.0. The molecule has 0 radical (unpaired) electrons. The second-order valence-corrected chi connectivity index (χ2v) is 5.69. The van der Waals surface area contributed by atoms with Crippen molar-refractivity contribution in [1.82, 2.24) is 10.2 Å². The smallest absolute Gasteiger partial charge is 0.244 e. The first-order valence-corrected chi connectivity index (χ1v) is 7.79. The molecule has 1 aliphatic rings. The van der Waals surface area contributed by atoms with Gasteiger partial charge in [0.05, 0.1) is 6.07 Å². The molecule has 0 spiro atoms. The molecule has 1 aromatic carbocycles. The zero-order chi connectivity index (χ0) is 16.7. The van der Waals surface area contributed by atoms with Crippen molar-refractivity contribution in [2.24, 2.45) is 0 Å². The summed E-state index contributed by atoms with van der Waals surface area (Å²) in [6, 6.07) is 9.84. The number of piperidine rings is 1. The largest absolute Gasteiger partial charge is 0.350 e. The molecule has 2 rings (SSSR count). The highest BCUT2D eigenvalue weighted by atomic mass is 16.2. The van der Waals surface area contributed by atoms with Crippen LogP contribution < -0.4 is 5.32 Å². The van der Waals surface area contributed by atoms with E-state index in [-0.39, 0.29) is 24.3 Å². The number of rotatable bonds is 4. The van der Waals surface area contributed by atoms with Crippen LogP contribution in [0.3, 0.4) is 0 Å². The summed E-state index contributed by atoms with van der Waals surface area (Å²) in [5.74, 6) is -0.244. The second-order valence-electron chi connectivity index (χ2n) is 5.69. The molecule has 23 heavy (non-hydrogen) atoms. The van der Waals surface area contributed by atoms with Gasteiger partial charge in [-0.2, -0.15) is 5.26 Å². The number of benzene rings is 1. The van der Waals surface area contributed by atoms with Crippen LogP contribution in [-0.2, 0) is 9.59 Å². The highest BCUT2D eigenvalue weighted by Crippen LogP contribution is 2.12. The van der Waals surface area contributed by atoms with Crippen LogP contribution in [-0.4, -0.2) is 35.8 Å². The van der Waals surface area contributed by atoms with Crippen LogP contribution in [0.1, 0.15) is 30.4 Å². The lowest BCUT2D eigenvalue weighted by atomic mass is 10.0. The van der Waals surface area contributed by atoms with Crippen LogP contribution in [0.15, 0.2) is 30.3 Å². The third kappa shape index (κ3) is 4.96. The fraction of sp³-hybridized carbons (Fsp3) is 0.389. The van der Waals surface area contributed by atoms with E-state index >= 15 is 0 Å². The summed E-state index contributed by atoms with van der Waals surface area (Å²) in [4.78, 5) is 25.3. The topological polar surface area (TPSA) is 73.2 Å². The summed E-state index contributed by atoms with van der Waals surface area (Å²) in [7, 11) is 0. The van der Waals surface area contributed by atoms with Gasteiger partial charge in [-0.05, 0) is 37.0 Å². The SMILES string of the molecule is Cc1ccccc1/C=C/C(=O)NC1CCN(C(=O)CC#N)CC1. The van der Waals surface area contributed by atoms with E-state index in [0.29, 0.717) is 13.1 Å². The Morgan fingerprint density at radius 1 is 1.35 bits per heavy atom. The zero-order valence-corrected chi connectivity index (χ0v) is 13.3. The van der Waals surface area contributed by atoms with E-state index in [9.17, 15) is 9.59 Å². The maximum Gasteiger partial charge on any atom is 0.244 e. The molecule has 0 atom stereocenters. The molecule has 1 saturated heterocycles. The summed E-state index contributed by atoms with van der Waals surface area (Å²) in [6.45, 7) is 3.19. The number of carbonyl (C=O) groups is 2. The molecule has 0 saturated carbocycles. The minimum atomic E-state index is -0.128. The van der Waals surface area contributed by atoms with E-state index in [0.717, 1.165) is 24.0 Å². The minimum Gasteiger partial charge on any atom is -0.350 e. The van der Waals surface area contributed by atoms with Crippen LogP contribution in [0.4, 0.5) is 0 Å². The van der Waals surface area contributed by atoms with Gasteiger partial charge in [-0.15, -0.1) is 0 Å². The predicted molar refractivity (Wildman–Crippen MR) is 88.2 cm³/mol. The molecular weight excluding hydrogens is 290 g/mol. The summed E-state index contributed by atoms with van der Waals surface area (Å²) in [6.07, 6.45) is 4.74. The lowest BCUT2D eigenvalue weighted by molar-refractivity contribution is -0.131. The first-order chi connectivity index (χ1) is 11.1. The average molecular weight is 311 g/mol. The average Bonchev–Trinajstić information content (AvgIpc) is 2.55. The number of hydrogen-bond donors (Lipinski definition) is 1. The number of amides is 2. The molecular formula is C18H21N3O2. The van der Waals surface area contributed by atoms with E-state index < -0.39 is 0 Å². The van der Waals surface area contributed by atoms with Crippen molar-refractivity contribution in [2.75, 3.05) is 13.1 Å². The van der Waals surface area contributed by atoms with Crippen molar-refractivity contribution < 1.29 is 9.59 Å². The Bertz CT molecular complexity index is 638. The van der Waals surface area contributed by atoms with Crippen molar-refractivity contribution >= 4 is 17.9 Å². The molecule has 5 heteroatoms. The molecule has 1 N–H and O–H groups in total. The number of nitrogens with zero attached hydrogens (tertiary/aromatic N) is 2. The normalized spacial score (nSPS) is 15.4. The van der Waals surface area contributed by atoms with Gasteiger partial charge < -0.3 is 10.2 Å². The van der Waals surface area contributed by atoms with Crippen molar-refractivity contribution in [3.63, 3.8) is 0 Å². The number of likely N-dealkylation sites (tertiary alicyclic amines) is 1. The molecule has 1 aliphatic heterocycles. The van der Waals surface area contributed by atoms with Crippen LogP contribution >= 0.6 is 0 Å². The second kappa shape index (κ2) is 8.14. The number of carbonyl (C=O) groups excluding carboxylic acids is 2. The number of nitriles is 1. The Labute approximate surface area is 136 Å². The Morgan fingerprint density at radius 2 is 2.04 bits per heavy atom. The van der Waals surface area contributed by atoms with Gasteiger partial charge in [-0.3, -0.25) is 9.59 Å². The third-order valence-corrected chi connectivity index (χ3v) is 4.03. The molecule has 5 nitrogen and oxygen atoms in total. The molecule has 120 valence electrons. The Morgan fingerprint density at radius 3 is 2.70 bits per heavy atom. The summed E-state index contributed by atoms with van der Waals surface area (Å²) in [5, 5.41) is 11.5. The molecule has 0 aromatic heterocycles. The molecule has 0 aliphatic carbocycles. The molecule has 1 fully saturated rings.